The minimum Gasteiger partial charge on any atom is -0.507 e. The fourth-order valence-corrected chi connectivity index (χ4v) is 3.27. The van der Waals surface area contributed by atoms with Crippen molar-refractivity contribution in [2.75, 3.05) is 25.5 Å². The summed E-state index contributed by atoms with van der Waals surface area (Å²) in [5.41, 5.74) is 1.34. The zero-order valence-corrected chi connectivity index (χ0v) is 14.1. The van der Waals surface area contributed by atoms with Crippen LogP contribution in [0.15, 0.2) is 36.4 Å². The number of benzene rings is 2. The van der Waals surface area contributed by atoms with Gasteiger partial charge in [0, 0.05) is 36.4 Å². The number of methoxy groups -OCH3 is 1. The van der Waals surface area contributed by atoms with Crippen molar-refractivity contribution in [2.24, 2.45) is 0 Å². The molecule has 3 rings (SSSR count). The van der Waals surface area contributed by atoms with E-state index in [1.165, 1.54) is 6.07 Å². The van der Waals surface area contributed by atoms with E-state index in [9.17, 15) is 13.9 Å². The minimum absolute atomic E-state index is 0.135. The van der Waals surface area contributed by atoms with Gasteiger partial charge in [-0.15, -0.1) is 0 Å². The van der Waals surface area contributed by atoms with Crippen LogP contribution in [-0.2, 0) is 6.54 Å². The molecule has 0 aromatic heterocycles. The molecular formula is C19H22F2N2O2. The molecule has 1 saturated heterocycles. The summed E-state index contributed by atoms with van der Waals surface area (Å²) in [6, 6.07) is 9.22. The van der Waals surface area contributed by atoms with Crippen LogP contribution >= 0.6 is 0 Å². The smallest absolute Gasteiger partial charge is 0.160 e. The number of likely N-dealkylation sites (tertiary alicyclic amines) is 1. The number of nitrogens with one attached hydrogen (secondary N) is 1. The van der Waals surface area contributed by atoms with Gasteiger partial charge < -0.3 is 15.2 Å². The average Bonchev–Trinajstić information content (AvgIpc) is 2.60. The van der Waals surface area contributed by atoms with E-state index in [0.717, 1.165) is 37.6 Å². The van der Waals surface area contributed by atoms with Gasteiger partial charge in [-0.05, 0) is 43.7 Å². The topological polar surface area (TPSA) is 44.7 Å². The van der Waals surface area contributed by atoms with Gasteiger partial charge in [-0.25, -0.2) is 8.78 Å². The van der Waals surface area contributed by atoms with Gasteiger partial charge in [0.2, 0.25) is 0 Å². The van der Waals surface area contributed by atoms with Crippen molar-refractivity contribution in [3.8, 4) is 11.5 Å². The molecule has 0 amide bonds. The van der Waals surface area contributed by atoms with Crippen molar-refractivity contribution in [1.82, 2.24) is 4.90 Å². The zero-order chi connectivity index (χ0) is 17.8. The molecule has 4 nitrogen and oxygen atoms in total. The van der Waals surface area contributed by atoms with Gasteiger partial charge in [0.25, 0.3) is 0 Å². The number of halogens is 2. The minimum atomic E-state index is -0.850. The number of nitrogens with zero attached hydrogens (tertiary/aromatic N) is 1. The Bertz CT molecular complexity index is 739. The van der Waals surface area contributed by atoms with Gasteiger partial charge in [-0.1, -0.05) is 6.07 Å². The lowest BCUT2D eigenvalue weighted by molar-refractivity contribution is 0.204. The summed E-state index contributed by atoms with van der Waals surface area (Å²) in [6.45, 7) is 2.23. The van der Waals surface area contributed by atoms with Crippen LogP contribution in [0.3, 0.4) is 0 Å². The predicted molar refractivity (Wildman–Crippen MR) is 92.9 cm³/mol. The fourth-order valence-electron chi connectivity index (χ4n) is 3.27. The summed E-state index contributed by atoms with van der Waals surface area (Å²) in [4.78, 5) is 2.22. The summed E-state index contributed by atoms with van der Waals surface area (Å²) < 4.78 is 31.7. The Morgan fingerprint density at radius 3 is 2.84 bits per heavy atom. The zero-order valence-electron chi connectivity index (χ0n) is 14.1. The van der Waals surface area contributed by atoms with E-state index in [-0.39, 0.29) is 11.8 Å². The molecule has 2 aromatic carbocycles. The third-order valence-electron chi connectivity index (χ3n) is 4.51. The summed E-state index contributed by atoms with van der Waals surface area (Å²) in [7, 11) is 1.59. The normalized spacial score (nSPS) is 18.1. The average molecular weight is 348 g/mol. The van der Waals surface area contributed by atoms with Crippen molar-refractivity contribution in [1.29, 1.82) is 0 Å². The van der Waals surface area contributed by atoms with Crippen molar-refractivity contribution < 1.29 is 18.6 Å². The number of phenols is 1. The molecule has 1 aliphatic heterocycles. The maximum Gasteiger partial charge on any atom is 0.160 e. The van der Waals surface area contributed by atoms with Crippen LogP contribution in [0.25, 0.3) is 0 Å². The molecule has 1 fully saturated rings. The van der Waals surface area contributed by atoms with Gasteiger partial charge in [0.1, 0.15) is 11.5 Å². The Kier molecular flexibility index (Phi) is 5.38. The number of piperidine rings is 1. The molecule has 1 heterocycles. The summed E-state index contributed by atoms with van der Waals surface area (Å²) >= 11 is 0. The lowest BCUT2D eigenvalue weighted by Gasteiger charge is -2.34. The number of aromatic hydroxyl groups is 1. The van der Waals surface area contributed by atoms with E-state index in [0.29, 0.717) is 18.0 Å². The van der Waals surface area contributed by atoms with Crippen LogP contribution in [0.2, 0.25) is 0 Å². The first-order chi connectivity index (χ1) is 12.1. The number of ether oxygens (including phenoxy) is 1. The van der Waals surface area contributed by atoms with E-state index >= 15 is 0 Å². The number of hydrogen-bond acceptors (Lipinski definition) is 4. The Labute approximate surface area is 146 Å². The highest BCUT2D eigenvalue weighted by Crippen LogP contribution is 2.30. The third-order valence-corrected chi connectivity index (χ3v) is 4.51. The molecule has 0 aliphatic carbocycles. The molecule has 6 heteroatoms. The van der Waals surface area contributed by atoms with E-state index in [4.69, 9.17) is 4.74 Å². The van der Waals surface area contributed by atoms with Crippen molar-refractivity contribution >= 4 is 5.69 Å². The van der Waals surface area contributed by atoms with E-state index in [2.05, 4.69) is 10.2 Å². The third kappa shape index (κ3) is 4.20. The monoisotopic (exact) mass is 348 g/mol. The molecule has 0 bridgehead atoms. The Balaban J connectivity index is 1.66. The molecule has 0 saturated carbocycles. The van der Waals surface area contributed by atoms with Crippen molar-refractivity contribution in [3.05, 3.63) is 53.6 Å². The van der Waals surface area contributed by atoms with Gasteiger partial charge in [-0.2, -0.15) is 0 Å². The fraction of sp³-hybridized carbons (Fsp3) is 0.368. The summed E-state index contributed by atoms with van der Waals surface area (Å²) in [6.07, 6.45) is 1.94. The second-order valence-electron chi connectivity index (χ2n) is 6.31. The molecule has 2 aromatic rings. The van der Waals surface area contributed by atoms with Crippen LogP contribution in [0.5, 0.6) is 11.5 Å². The van der Waals surface area contributed by atoms with E-state index < -0.39 is 11.6 Å². The second kappa shape index (κ2) is 7.70. The van der Waals surface area contributed by atoms with Gasteiger partial charge in [-0.3, -0.25) is 4.90 Å². The molecule has 0 spiro atoms. The highest BCUT2D eigenvalue weighted by Gasteiger charge is 2.22. The number of hydrogen-bond donors (Lipinski definition) is 2. The molecule has 134 valence electrons. The highest BCUT2D eigenvalue weighted by atomic mass is 19.2. The maximum absolute atomic E-state index is 13.4. The molecule has 2 N–H and O–H groups in total. The first-order valence-corrected chi connectivity index (χ1v) is 8.35. The Hall–Kier alpha value is -2.34. The first-order valence-electron chi connectivity index (χ1n) is 8.35. The van der Waals surface area contributed by atoms with Crippen molar-refractivity contribution in [3.63, 3.8) is 0 Å². The summed E-state index contributed by atoms with van der Waals surface area (Å²) in [5.74, 6) is -0.815. The SMILES string of the molecule is COc1cccc(O)c1CN1CCC[C@H](Nc2ccc(F)c(F)c2)C1. The van der Waals surface area contributed by atoms with E-state index in [1.807, 2.05) is 6.07 Å². The number of rotatable bonds is 5. The summed E-state index contributed by atoms with van der Waals surface area (Å²) in [5, 5.41) is 13.4. The lowest BCUT2D eigenvalue weighted by Crippen LogP contribution is -2.41. The van der Waals surface area contributed by atoms with Gasteiger partial charge in [0.15, 0.2) is 11.6 Å². The van der Waals surface area contributed by atoms with Crippen molar-refractivity contribution in [2.45, 2.75) is 25.4 Å². The van der Waals surface area contributed by atoms with Crippen LogP contribution in [-0.4, -0.2) is 36.2 Å². The van der Waals surface area contributed by atoms with Gasteiger partial charge in [0.05, 0.1) is 7.11 Å². The molecule has 0 radical (unpaired) electrons. The largest absolute Gasteiger partial charge is 0.507 e. The molecular weight excluding hydrogens is 326 g/mol. The number of anilines is 1. The van der Waals surface area contributed by atoms with Crippen LogP contribution in [0, 0.1) is 11.6 Å². The lowest BCUT2D eigenvalue weighted by atomic mass is 10.0. The Morgan fingerprint density at radius 1 is 1.24 bits per heavy atom. The number of phenolic OH excluding ortho intramolecular Hbond substituents is 1. The molecule has 0 unspecified atom stereocenters. The van der Waals surface area contributed by atoms with Crippen LogP contribution in [0.1, 0.15) is 18.4 Å². The van der Waals surface area contributed by atoms with Crippen LogP contribution in [0.4, 0.5) is 14.5 Å². The predicted octanol–water partition coefficient (Wildman–Crippen LogP) is 3.76. The van der Waals surface area contributed by atoms with Crippen LogP contribution < -0.4 is 10.1 Å². The molecule has 25 heavy (non-hydrogen) atoms. The standard InChI is InChI=1S/C19H22F2N2O2/c1-25-19-6-2-5-18(24)15(19)12-23-9-3-4-14(11-23)22-13-7-8-16(20)17(21)10-13/h2,5-8,10,14,22,24H,3-4,9,11-12H2,1H3/t14-/m0/s1. The highest BCUT2D eigenvalue weighted by molar-refractivity contribution is 5.45. The molecule has 1 aliphatic rings. The van der Waals surface area contributed by atoms with Gasteiger partial charge >= 0.3 is 0 Å². The van der Waals surface area contributed by atoms with E-state index in [1.54, 1.807) is 25.3 Å². The second-order valence-corrected chi connectivity index (χ2v) is 6.31. The Morgan fingerprint density at radius 2 is 2.08 bits per heavy atom. The quantitative estimate of drug-likeness (QED) is 0.864. The first kappa shape index (κ1) is 17.5. The molecule has 1 atom stereocenters. The maximum atomic E-state index is 13.4.